The van der Waals surface area contributed by atoms with Crippen LogP contribution in [-0.2, 0) is 4.74 Å². The van der Waals surface area contributed by atoms with Crippen LogP contribution in [0.2, 0.25) is 0 Å². The van der Waals surface area contributed by atoms with Crippen molar-refractivity contribution in [3.05, 3.63) is 0 Å². The van der Waals surface area contributed by atoms with Gasteiger partial charge < -0.3 is 14.5 Å². The van der Waals surface area contributed by atoms with Crippen LogP contribution < -0.4 is 0 Å². The third-order valence-electron chi connectivity index (χ3n) is 3.21. The molecule has 0 saturated carbocycles. The minimum Gasteiger partial charge on any atom is -0.374 e. The molecular weight excluding hydrogens is 164 g/mol. The van der Waals surface area contributed by atoms with Gasteiger partial charge in [0.1, 0.15) is 0 Å². The fourth-order valence-corrected chi connectivity index (χ4v) is 1.49. The van der Waals surface area contributed by atoms with Crippen LogP contribution in [0.5, 0.6) is 0 Å². The van der Waals surface area contributed by atoms with Crippen LogP contribution in [0, 0.1) is 0 Å². The Balaban J connectivity index is 2.59. The van der Waals surface area contributed by atoms with Gasteiger partial charge in [-0.25, -0.2) is 0 Å². The molecule has 0 aromatic heterocycles. The topological polar surface area (TPSA) is 15.7 Å². The Bertz CT molecular complexity index is 168. The summed E-state index contributed by atoms with van der Waals surface area (Å²) in [6.07, 6.45) is 0.321. The summed E-state index contributed by atoms with van der Waals surface area (Å²) in [5, 5.41) is 0. The Morgan fingerprint density at radius 1 is 1.38 bits per heavy atom. The zero-order valence-electron chi connectivity index (χ0n) is 9.50. The highest BCUT2D eigenvalue weighted by Gasteiger charge is 2.34. The molecule has 0 radical (unpaired) electrons. The molecule has 0 spiro atoms. The minimum atomic E-state index is 0.120. The molecule has 78 valence electrons. The average molecular weight is 186 g/mol. The van der Waals surface area contributed by atoms with Gasteiger partial charge >= 0.3 is 0 Å². The number of hydrogen-bond donors (Lipinski definition) is 0. The summed E-state index contributed by atoms with van der Waals surface area (Å²) in [4.78, 5) is 4.57. The van der Waals surface area contributed by atoms with E-state index in [0.717, 1.165) is 19.7 Å². The van der Waals surface area contributed by atoms with E-state index in [1.165, 1.54) is 0 Å². The maximum Gasteiger partial charge on any atom is 0.0880 e. The maximum absolute atomic E-state index is 5.79. The van der Waals surface area contributed by atoms with Gasteiger partial charge in [0.05, 0.1) is 12.7 Å². The first kappa shape index (κ1) is 11.0. The number of morpholine rings is 1. The highest BCUT2D eigenvalue weighted by molar-refractivity contribution is 4.90. The van der Waals surface area contributed by atoms with Gasteiger partial charge in [0, 0.05) is 18.6 Å². The lowest BCUT2D eigenvalue weighted by molar-refractivity contribution is -0.0874. The quantitative estimate of drug-likeness (QED) is 0.630. The largest absolute Gasteiger partial charge is 0.374 e. The smallest absolute Gasteiger partial charge is 0.0880 e. The van der Waals surface area contributed by atoms with Crippen LogP contribution >= 0.6 is 0 Å². The molecule has 3 heteroatoms. The molecule has 1 rings (SSSR count). The molecule has 0 unspecified atom stereocenters. The first-order valence-electron chi connectivity index (χ1n) is 4.92. The molecule has 3 nitrogen and oxygen atoms in total. The number of ether oxygens (including phenoxy) is 1. The molecule has 1 aliphatic rings. The molecule has 1 atom stereocenters. The van der Waals surface area contributed by atoms with Gasteiger partial charge in [0.25, 0.3) is 0 Å². The second-order valence-electron chi connectivity index (χ2n) is 4.67. The molecule has 0 aliphatic carbocycles. The molecule has 1 heterocycles. The molecule has 0 aromatic carbocycles. The van der Waals surface area contributed by atoms with E-state index in [2.05, 4.69) is 44.8 Å². The van der Waals surface area contributed by atoms with Crippen molar-refractivity contribution in [2.75, 3.05) is 40.8 Å². The first-order chi connectivity index (χ1) is 5.94. The standard InChI is InChI=1S/C10H22N2O/c1-10(2,11(3)4)9-8-12(5)6-7-13-9/h9H,6-8H2,1-5H3/t9-/m0/s1. The minimum absolute atomic E-state index is 0.120. The van der Waals surface area contributed by atoms with Crippen molar-refractivity contribution in [2.45, 2.75) is 25.5 Å². The maximum atomic E-state index is 5.79. The molecule has 1 fully saturated rings. The van der Waals surface area contributed by atoms with Crippen LogP contribution in [0.1, 0.15) is 13.8 Å². The molecule has 0 aromatic rings. The zero-order chi connectivity index (χ0) is 10.1. The second-order valence-corrected chi connectivity index (χ2v) is 4.67. The zero-order valence-corrected chi connectivity index (χ0v) is 9.50. The molecule has 0 N–H and O–H groups in total. The number of nitrogens with zero attached hydrogens (tertiary/aromatic N) is 2. The fourth-order valence-electron chi connectivity index (χ4n) is 1.49. The summed E-state index contributed by atoms with van der Waals surface area (Å²) in [6.45, 7) is 7.41. The van der Waals surface area contributed by atoms with Gasteiger partial charge in [0.2, 0.25) is 0 Å². The molecular formula is C10H22N2O. The van der Waals surface area contributed by atoms with Crippen molar-refractivity contribution in [3.8, 4) is 0 Å². The average Bonchev–Trinajstić information content (AvgIpc) is 2.04. The number of rotatable bonds is 2. The van der Waals surface area contributed by atoms with E-state index in [1.807, 2.05) is 0 Å². The summed E-state index contributed by atoms with van der Waals surface area (Å²) >= 11 is 0. The van der Waals surface area contributed by atoms with E-state index in [0.29, 0.717) is 6.10 Å². The van der Waals surface area contributed by atoms with Gasteiger partial charge in [-0.2, -0.15) is 0 Å². The highest BCUT2D eigenvalue weighted by atomic mass is 16.5. The lowest BCUT2D eigenvalue weighted by Crippen LogP contribution is -2.56. The van der Waals surface area contributed by atoms with Crippen molar-refractivity contribution in [3.63, 3.8) is 0 Å². The SMILES string of the molecule is CN1CCO[C@H](C(C)(C)N(C)C)C1. The van der Waals surface area contributed by atoms with E-state index < -0.39 is 0 Å². The third-order valence-corrected chi connectivity index (χ3v) is 3.21. The Labute approximate surface area is 81.7 Å². The summed E-state index contributed by atoms with van der Waals surface area (Å²) in [5.74, 6) is 0. The Morgan fingerprint density at radius 3 is 2.46 bits per heavy atom. The van der Waals surface area contributed by atoms with E-state index in [-0.39, 0.29) is 5.54 Å². The summed E-state index contributed by atoms with van der Waals surface area (Å²) in [5.41, 5.74) is 0.120. The van der Waals surface area contributed by atoms with Gasteiger partial charge in [-0.1, -0.05) is 0 Å². The molecule has 13 heavy (non-hydrogen) atoms. The van der Waals surface area contributed by atoms with Crippen LogP contribution in [0.3, 0.4) is 0 Å². The lowest BCUT2D eigenvalue weighted by atomic mass is 9.94. The first-order valence-corrected chi connectivity index (χ1v) is 4.92. The monoisotopic (exact) mass is 186 g/mol. The van der Waals surface area contributed by atoms with Crippen molar-refractivity contribution in [1.29, 1.82) is 0 Å². The van der Waals surface area contributed by atoms with Crippen LogP contribution in [0.15, 0.2) is 0 Å². The van der Waals surface area contributed by atoms with E-state index in [4.69, 9.17) is 4.74 Å². The Morgan fingerprint density at radius 2 is 2.00 bits per heavy atom. The number of likely N-dealkylation sites (N-methyl/N-ethyl adjacent to an activating group) is 2. The van der Waals surface area contributed by atoms with Crippen LogP contribution in [-0.4, -0.2) is 62.3 Å². The van der Waals surface area contributed by atoms with Gasteiger partial charge in [-0.15, -0.1) is 0 Å². The fraction of sp³-hybridized carbons (Fsp3) is 1.00. The summed E-state index contributed by atoms with van der Waals surface area (Å²) < 4.78 is 5.79. The van der Waals surface area contributed by atoms with Crippen molar-refractivity contribution in [2.24, 2.45) is 0 Å². The predicted molar refractivity (Wildman–Crippen MR) is 55.0 cm³/mol. The summed E-state index contributed by atoms with van der Waals surface area (Å²) in [6, 6.07) is 0. The van der Waals surface area contributed by atoms with E-state index in [9.17, 15) is 0 Å². The normalized spacial score (nSPS) is 26.8. The van der Waals surface area contributed by atoms with Crippen LogP contribution in [0.4, 0.5) is 0 Å². The molecule has 1 saturated heterocycles. The second kappa shape index (κ2) is 3.95. The molecule has 0 bridgehead atoms. The van der Waals surface area contributed by atoms with E-state index >= 15 is 0 Å². The van der Waals surface area contributed by atoms with Gasteiger partial charge in [-0.3, -0.25) is 0 Å². The third kappa shape index (κ3) is 2.42. The van der Waals surface area contributed by atoms with E-state index in [1.54, 1.807) is 0 Å². The highest BCUT2D eigenvalue weighted by Crippen LogP contribution is 2.21. The van der Waals surface area contributed by atoms with Crippen molar-refractivity contribution < 1.29 is 4.74 Å². The summed E-state index contributed by atoms with van der Waals surface area (Å²) in [7, 11) is 6.37. The Hall–Kier alpha value is -0.120. The van der Waals surface area contributed by atoms with Crippen LogP contribution in [0.25, 0.3) is 0 Å². The number of hydrogen-bond acceptors (Lipinski definition) is 3. The molecule has 1 aliphatic heterocycles. The Kier molecular flexibility index (Phi) is 3.33. The molecule has 0 amide bonds. The van der Waals surface area contributed by atoms with Gasteiger partial charge in [-0.05, 0) is 35.0 Å². The van der Waals surface area contributed by atoms with Crippen molar-refractivity contribution >= 4 is 0 Å². The van der Waals surface area contributed by atoms with Gasteiger partial charge in [0.15, 0.2) is 0 Å². The predicted octanol–water partition coefficient (Wildman–Crippen LogP) is 0.657. The van der Waals surface area contributed by atoms with Crippen molar-refractivity contribution in [1.82, 2.24) is 9.80 Å². The lowest BCUT2D eigenvalue weighted by Gasteiger charge is -2.43.